The van der Waals surface area contributed by atoms with E-state index in [0.717, 1.165) is 38.1 Å². The number of carbonyl (C=O) groups excluding carboxylic acids is 1. The lowest BCUT2D eigenvalue weighted by Gasteiger charge is -2.32. The highest BCUT2D eigenvalue weighted by molar-refractivity contribution is 5.99. The number of carbonyl (C=O) groups is 1. The van der Waals surface area contributed by atoms with Crippen molar-refractivity contribution in [2.24, 2.45) is 5.92 Å². The highest BCUT2D eigenvalue weighted by atomic mass is 16.5. The molecule has 4 nitrogen and oxygen atoms in total. The Bertz CT molecular complexity index is 706. The number of hydrogen-bond donors (Lipinski definition) is 1. The van der Waals surface area contributed by atoms with Gasteiger partial charge < -0.3 is 15.4 Å². The van der Waals surface area contributed by atoms with Crippen molar-refractivity contribution in [3.8, 4) is 5.75 Å². The van der Waals surface area contributed by atoms with Crippen molar-refractivity contribution >= 4 is 11.6 Å². The molecule has 24 heavy (non-hydrogen) atoms. The molecule has 1 amide bonds. The fourth-order valence-electron chi connectivity index (χ4n) is 3.38. The zero-order chi connectivity index (χ0) is 16.9. The lowest BCUT2D eigenvalue weighted by molar-refractivity contribution is 0.0691. The average Bonchev–Trinajstić information content (AvgIpc) is 2.63. The zero-order valence-electron chi connectivity index (χ0n) is 14.1. The van der Waals surface area contributed by atoms with Crippen LogP contribution >= 0.6 is 0 Å². The summed E-state index contributed by atoms with van der Waals surface area (Å²) in [6.45, 7) is 1.57. The van der Waals surface area contributed by atoms with Gasteiger partial charge >= 0.3 is 0 Å². The Morgan fingerprint density at radius 2 is 1.79 bits per heavy atom. The lowest BCUT2D eigenvalue weighted by atomic mass is 9.89. The molecule has 1 fully saturated rings. The predicted octanol–water partition coefficient (Wildman–Crippen LogP) is 3.37. The molecule has 3 rings (SSSR count). The molecule has 0 saturated carbocycles. The molecule has 4 heteroatoms. The number of likely N-dealkylation sites (tertiary alicyclic amines) is 1. The van der Waals surface area contributed by atoms with Gasteiger partial charge in [-0.1, -0.05) is 30.3 Å². The molecule has 1 heterocycles. The predicted molar refractivity (Wildman–Crippen MR) is 96.2 cm³/mol. The second kappa shape index (κ2) is 7.39. The van der Waals surface area contributed by atoms with Crippen LogP contribution < -0.4 is 10.5 Å². The Balaban J connectivity index is 1.60. The van der Waals surface area contributed by atoms with E-state index in [1.807, 2.05) is 29.2 Å². The van der Waals surface area contributed by atoms with E-state index in [2.05, 4.69) is 12.1 Å². The minimum Gasteiger partial charge on any atom is -0.496 e. The Morgan fingerprint density at radius 1 is 1.12 bits per heavy atom. The molecule has 0 spiro atoms. The summed E-state index contributed by atoms with van der Waals surface area (Å²) in [7, 11) is 1.71. The average molecular weight is 324 g/mol. The SMILES string of the molecule is COc1ccccc1CC1CCN(C(=O)c2ccccc2N)CC1. The Hall–Kier alpha value is -2.49. The molecule has 0 unspecified atom stereocenters. The fourth-order valence-corrected chi connectivity index (χ4v) is 3.38. The summed E-state index contributed by atoms with van der Waals surface area (Å²) >= 11 is 0. The summed E-state index contributed by atoms with van der Waals surface area (Å²) in [5.74, 6) is 1.58. The van der Waals surface area contributed by atoms with Gasteiger partial charge in [0.15, 0.2) is 0 Å². The van der Waals surface area contributed by atoms with E-state index in [1.165, 1.54) is 5.56 Å². The number of piperidine rings is 1. The molecule has 0 aromatic heterocycles. The Morgan fingerprint density at radius 3 is 2.50 bits per heavy atom. The smallest absolute Gasteiger partial charge is 0.255 e. The van der Waals surface area contributed by atoms with Crippen LogP contribution in [0.5, 0.6) is 5.75 Å². The highest BCUT2D eigenvalue weighted by Gasteiger charge is 2.25. The fraction of sp³-hybridized carbons (Fsp3) is 0.350. The summed E-state index contributed by atoms with van der Waals surface area (Å²) < 4.78 is 5.44. The van der Waals surface area contributed by atoms with Gasteiger partial charge in [0, 0.05) is 18.8 Å². The van der Waals surface area contributed by atoms with Crippen molar-refractivity contribution < 1.29 is 9.53 Å². The Kier molecular flexibility index (Phi) is 5.04. The molecule has 2 N–H and O–H groups in total. The van der Waals surface area contributed by atoms with E-state index >= 15 is 0 Å². The second-order valence-electron chi connectivity index (χ2n) is 6.34. The normalized spacial score (nSPS) is 15.3. The third-order valence-electron chi connectivity index (χ3n) is 4.79. The maximum Gasteiger partial charge on any atom is 0.255 e. The van der Waals surface area contributed by atoms with Crippen LogP contribution in [0.4, 0.5) is 5.69 Å². The van der Waals surface area contributed by atoms with Gasteiger partial charge in [-0.15, -0.1) is 0 Å². The zero-order valence-corrected chi connectivity index (χ0v) is 14.1. The summed E-state index contributed by atoms with van der Waals surface area (Å²) in [5, 5.41) is 0. The molecule has 0 radical (unpaired) electrons. The number of hydrogen-bond acceptors (Lipinski definition) is 3. The number of methoxy groups -OCH3 is 1. The molecule has 1 aliphatic heterocycles. The molecular weight excluding hydrogens is 300 g/mol. The van der Waals surface area contributed by atoms with E-state index < -0.39 is 0 Å². The molecule has 0 atom stereocenters. The monoisotopic (exact) mass is 324 g/mol. The first-order chi connectivity index (χ1) is 11.7. The number of anilines is 1. The quantitative estimate of drug-likeness (QED) is 0.877. The number of nitrogens with zero attached hydrogens (tertiary/aromatic N) is 1. The number of nitrogen functional groups attached to an aromatic ring is 1. The number of ether oxygens (including phenoxy) is 1. The van der Waals surface area contributed by atoms with E-state index in [4.69, 9.17) is 10.5 Å². The molecule has 1 aliphatic rings. The van der Waals surface area contributed by atoms with Crippen LogP contribution in [0.1, 0.15) is 28.8 Å². The van der Waals surface area contributed by atoms with Gasteiger partial charge in [-0.3, -0.25) is 4.79 Å². The Labute approximate surface area is 143 Å². The molecular formula is C20H24N2O2. The van der Waals surface area contributed by atoms with Crippen molar-refractivity contribution in [3.63, 3.8) is 0 Å². The molecule has 0 aliphatic carbocycles. The summed E-state index contributed by atoms with van der Waals surface area (Å²) in [6.07, 6.45) is 3.02. The standard InChI is InChI=1S/C20H24N2O2/c1-24-19-9-5-2-6-16(19)14-15-10-12-22(13-11-15)20(23)17-7-3-4-8-18(17)21/h2-9,15H,10-14,21H2,1H3. The van der Waals surface area contributed by atoms with Gasteiger partial charge in [0.2, 0.25) is 0 Å². The minimum absolute atomic E-state index is 0.0452. The van der Waals surface area contributed by atoms with E-state index in [-0.39, 0.29) is 5.91 Å². The molecule has 0 bridgehead atoms. The number of amides is 1. The minimum atomic E-state index is 0.0452. The van der Waals surface area contributed by atoms with Crippen molar-refractivity contribution in [1.82, 2.24) is 4.90 Å². The summed E-state index contributed by atoms with van der Waals surface area (Å²) in [5.41, 5.74) is 8.34. The first-order valence-electron chi connectivity index (χ1n) is 8.44. The van der Waals surface area contributed by atoms with Crippen LogP contribution in [0.25, 0.3) is 0 Å². The number of para-hydroxylation sites is 2. The van der Waals surface area contributed by atoms with Gasteiger partial charge in [0.1, 0.15) is 5.75 Å². The highest BCUT2D eigenvalue weighted by Crippen LogP contribution is 2.27. The van der Waals surface area contributed by atoms with Crippen molar-refractivity contribution in [2.45, 2.75) is 19.3 Å². The van der Waals surface area contributed by atoms with Crippen molar-refractivity contribution in [3.05, 3.63) is 59.7 Å². The maximum absolute atomic E-state index is 12.6. The van der Waals surface area contributed by atoms with Crippen LogP contribution in [-0.2, 0) is 6.42 Å². The van der Waals surface area contributed by atoms with E-state index in [9.17, 15) is 4.79 Å². The van der Waals surface area contributed by atoms with Crippen LogP contribution in [0.15, 0.2) is 48.5 Å². The van der Waals surface area contributed by atoms with Gasteiger partial charge in [-0.25, -0.2) is 0 Å². The number of benzene rings is 2. The first kappa shape index (κ1) is 16.4. The third-order valence-corrected chi connectivity index (χ3v) is 4.79. The van der Waals surface area contributed by atoms with Crippen LogP contribution in [0.2, 0.25) is 0 Å². The van der Waals surface area contributed by atoms with Crippen LogP contribution in [0.3, 0.4) is 0 Å². The van der Waals surface area contributed by atoms with Gasteiger partial charge in [-0.2, -0.15) is 0 Å². The summed E-state index contributed by atoms with van der Waals surface area (Å²) in [6, 6.07) is 15.5. The molecule has 126 valence electrons. The second-order valence-corrected chi connectivity index (χ2v) is 6.34. The molecule has 2 aromatic rings. The first-order valence-corrected chi connectivity index (χ1v) is 8.44. The van der Waals surface area contributed by atoms with Crippen LogP contribution in [0, 0.1) is 5.92 Å². The topological polar surface area (TPSA) is 55.6 Å². The summed E-state index contributed by atoms with van der Waals surface area (Å²) in [4.78, 5) is 14.5. The molecule has 1 saturated heterocycles. The van der Waals surface area contributed by atoms with E-state index in [1.54, 1.807) is 19.2 Å². The lowest BCUT2D eigenvalue weighted by Crippen LogP contribution is -2.39. The third kappa shape index (κ3) is 3.53. The molecule has 2 aromatic carbocycles. The van der Waals surface area contributed by atoms with Crippen molar-refractivity contribution in [1.29, 1.82) is 0 Å². The van der Waals surface area contributed by atoms with Gasteiger partial charge in [0.05, 0.1) is 12.7 Å². The number of nitrogens with two attached hydrogens (primary N) is 1. The van der Waals surface area contributed by atoms with Crippen molar-refractivity contribution in [2.75, 3.05) is 25.9 Å². The van der Waals surface area contributed by atoms with E-state index in [0.29, 0.717) is 17.2 Å². The number of rotatable bonds is 4. The van der Waals surface area contributed by atoms with Gasteiger partial charge in [-0.05, 0) is 48.9 Å². The van der Waals surface area contributed by atoms with Gasteiger partial charge in [0.25, 0.3) is 5.91 Å². The maximum atomic E-state index is 12.6. The largest absolute Gasteiger partial charge is 0.496 e. The van der Waals surface area contributed by atoms with Crippen LogP contribution in [-0.4, -0.2) is 31.0 Å².